The van der Waals surface area contributed by atoms with Crippen LogP contribution in [0.3, 0.4) is 0 Å². The van der Waals surface area contributed by atoms with Crippen LogP contribution in [0, 0.1) is 11.7 Å². The number of hydrogen-bond acceptors (Lipinski definition) is 2. The van der Waals surface area contributed by atoms with Crippen LogP contribution >= 0.6 is 24.0 Å². The first kappa shape index (κ1) is 19.2. The topological polar surface area (TPSA) is 39.7 Å². The van der Waals surface area contributed by atoms with Gasteiger partial charge in [0, 0.05) is 32.2 Å². The average Bonchev–Trinajstić information content (AvgIpc) is 2.97. The molecule has 2 N–H and O–H groups in total. The van der Waals surface area contributed by atoms with Crippen molar-refractivity contribution in [2.75, 3.05) is 33.2 Å². The highest BCUT2D eigenvalue weighted by molar-refractivity contribution is 14.0. The van der Waals surface area contributed by atoms with Gasteiger partial charge < -0.3 is 15.5 Å². The molecule has 22 heavy (non-hydrogen) atoms. The number of rotatable bonds is 5. The fourth-order valence-corrected chi connectivity index (χ4v) is 2.65. The Labute approximate surface area is 149 Å². The van der Waals surface area contributed by atoms with E-state index in [-0.39, 0.29) is 29.8 Å². The van der Waals surface area contributed by atoms with Gasteiger partial charge in [-0.05, 0) is 31.5 Å². The molecule has 0 bridgehead atoms. The van der Waals surface area contributed by atoms with Crippen molar-refractivity contribution >= 4 is 29.9 Å². The van der Waals surface area contributed by atoms with Crippen LogP contribution in [0.25, 0.3) is 0 Å². The van der Waals surface area contributed by atoms with Crippen molar-refractivity contribution in [3.63, 3.8) is 0 Å². The van der Waals surface area contributed by atoms with E-state index in [0.29, 0.717) is 18.0 Å². The van der Waals surface area contributed by atoms with E-state index in [0.717, 1.165) is 25.6 Å². The van der Waals surface area contributed by atoms with Crippen LogP contribution in [0.15, 0.2) is 29.3 Å². The molecule has 1 aliphatic heterocycles. The average molecular weight is 420 g/mol. The maximum Gasteiger partial charge on any atom is 0.191 e. The van der Waals surface area contributed by atoms with Gasteiger partial charge in [0.05, 0.1) is 0 Å². The Morgan fingerprint density at radius 1 is 1.36 bits per heavy atom. The summed E-state index contributed by atoms with van der Waals surface area (Å²) in [4.78, 5) is 6.65. The molecule has 1 aromatic rings. The third-order valence-corrected chi connectivity index (χ3v) is 4.00. The van der Waals surface area contributed by atoms with Gasteiger partial charge in [-0.15, -0.1) is 24.0 Å². The quantitative estimate of drug-likeness (QED) is 0.437. The molecular weight excluding hydrogens is 394 g/mol. The van der Waals surface area contributed by atoms with E-state index in [4.69, 9.17) is 0 Å². The molecule has 2 rings (SSSR count). The molecule has 0 saturated carbocycles. The van der Waals surface area contributed by atoms with E-state index in [1.54, 1.807) is 19.2 Å². The number of nitrogens with zero attached hydrogens (tertiary/aromatic N) is 2. The highest BCUT2D eigenvalue weighted by atomic mass is 127. The molecule has 1 aromatic carbocycles. The van der Waals surface area contributed by atoms with E-state index < -0.39 is 0 Å². The van der Waals surface area contributed by atoms with Crippen molar-refractivity contribution in [3.05, 3.63) is 35.6 Å². The van der Waals surface area contributed by atoms with Gasteiger partial charge in [0.1, 0.15) is 5.82 Å². The predicted molar refractivity (Wildman–Crippen MR) is 100 cm³/mol. The third-order valence-electron chi connectivity index (χ3n) is 4.00. The first-order chi connectivity index (χ1) is 10.2. The minimum atomic E-state index is -0.185. The zero-order valence-electron chi connectivity index (χ0n) is 13.3. The normalized spacial score (nSPS) is 18.9. The lowest BCUT2D eigenvalue weighted by Gasteiger charge is -2.16. The lowest BCUT2D eigenvalue weighted by Crippen LogP contribution is -2.40. The molecule has 1 atom stereocenters. The van der Waals surface area contributed by atoms with Crippen LogP contribution in [0.4, 0.5) is 4.39 Å². The largest absolute Gasteiger partial charge is 0.356 e. The van der Waals surface area contributed by atoms with Gasteiger partial charge in [-0.3, -0.25) is 4.99 Å². The molecule has 1 heterocycles. The maximum atomic E-state index is 13.6. The number of nitrogens with one attached hydrogen (secondary N) is 2. The second kappa shape index (κ2) is 9.99. The van der Waals surface area contributed by atoms with Crippen molar-refractivity contribution in [3.8, 4) is 0 Å². The predicted octanol–water partition coefficient (Wildman–Crippen LogP) is 2.45. The summed E-state index contributed by atoms with van der Waals surface area (Å²) in [6, 6.07) is 6.80. The number of guanidine groups is 1. The molecule has 0 radical (unpaired) electrons. The first-order valence-electron chi connectivity index (χ1n) is 7.63. The third kappa shape index (κ3) is 5.72. The fraction of sp³-hybridized carbons (Fsp3) is 0.562. The van der Waals surface area contributed by atoms with Crippen LogP contribution < -0.4 is 10.6 Å². The first-order valence-corrected chi connectivity index (χ1v) is 7.63. The van der Waals surface area contributed by atoms with Gasteiger partial charge in [-0.25, -0.2) is 4.39 Å². The highest BCUT2D eigenvalue weighted by Gasteiger charge is 2.20. The number of halogens is 2. The van der Waals surface area contributed by atoms with E-state index in [1.165, 1.54) is 19.0 Å². The lowest BCUT2D eigenvalue weighted by atomic mass is 10.1. The van der Waals surface area contributed by atoms with Crippen LogP contribution in [-0.2, 0) is 6.54 Å². The zero-order chi connectivity index (χ0) is 15.1. The SMILES string of the molecule is CCN1CCC(CNC(=NC)NCc2ccccc2F)C1.I. The van der Waals surface area contributed by atoms with E-state index in [1.807, 2.05) is 6.07 Å². The van der Waals surface area contributed by atoms with Crippen LogP contribution in [0.5, 0.6) is 0 Å². The minimum absolute atomic E-state index is 0. The summed E-state index contributed by atoms with van der Waals surface area (Å²) in [6.45, 7) is 7.00. The Balaban J connectivity index is 0.00000242. The number of hydrogen-bond donors (Lipinski definition) is 2. The Morgan fingerprint density at radius 2 is 2.14 bits per heavy atom. The fourth-order valence-electron chi connectivity index (χ4n) is 2.65. The van der Waals surface area contributed by atoms with Gasteiger partial charge in [0.2, 0.25) is 0 Å². The van der Waals surface area contributed by atoms with Gasteiger partial charge in [0.25, 0.3) is 0 Å². The van der Waals surface area contributed by atoms with E-state index in [2.05, 4.69) is 27.4 Å². The van der Waals surface area contributed by atoms with Gasteiger partial charge in [-0.2, -0.15) is 0 Å². The number of benzene rings is 1. The van der Waals surface area contributed by atoms with Gasteiger partial charge in [-0.1, -0.05) is 25.1 Å². The highest BCUT2D eigenvalue weighted by Crippen LogP contribution is 2.14. The second-order valence-corrected chi connectivity index (χ2v) is 5.45. The Bertz CT molecular complexity index is 481. The molecule has 1 saturated heterocycles. The summed E-state index contributed by atoms with van der Waals surface area (Å²) in [5.74, 6) is 1.21. The summed E-state index contributed by atoms with van der Waals surface area (Å²) in [5.41, 5.74) is 0.651. The summed E-state index contributed by atoms with van der Waals surface area (Å²) in [6.07, 6.45) is 1.23. The summed E-state index contributed by atoms with van der Waals surface area (Å²) >= 11 is 0. The Hall–Kier alpha value is -0.890. The summed E-state index contributed by atoms with van der Waals surface area (Å²) < 4.78 is 13.6. The van der Waals surface area contributed by atoms with Crippen LogP contribution in [0.1, 0.15) is 18.9 Å². The molecule has 0 aromatic heterocycles. The molecule has 4 nitrogen and oxygen atoms in total. The van der Waals surface area contributed by atoms with Gasteiger partial charge in [0.15, 0.2) is 5.96 Å². The molecule has 1 aliphatic rings. The molecule has 6 heteroatoms. The molecule has 0 spiro atoms. The number of aliphatic imine (C=N–C) groups is 1. The van der Waals surface area contributed by atoms with Crippen molar-refractivity contribution < 1.29 is 4.39 Å². The molecule has 0 aliphatic carbocycles. The van der Waals surface area contributed by atoms with Crippen molar-refractivity contribution in [1.82, 2.24) is 15.5 Å². The summed E-state index contributed by atoms with van der Waals surface area (Å²) in [7, 11) is 1.74. The molecule has 1 unspecified atom stereocenters. The Kier molecular flexibility index (Phi) is 8.70. The number of likely N-dealkylation sites (tertiary alicyclic amines) is 1. The van der Waals surface area contributed by atoms with Crippen LogP contribution in [-0.4, -0.2) is 44.1 Å². The minimum Gasteiger partial charge on any atom is -0.356 e. The molecule has 124 valence electrons. The van der Waals surface area contributed by atoms with E-state index in [9.17, 15) is 4.39 Å². The van der Waals surface area contributed by atoms with Crippen LogP contribution in [0.2, 0.25) is 0 Å². The zero-order valence-corrected chi connectivity index (χ0v) is 15.6. The van der Waals surface area contributed by atoms with Crippen molar-refractivity contribution in [1.29, 1.82) is 0 Å². The monoisotopic (exact) mass is 420 g/mol. The molecular formula is C16H26FIN4. The van der Waals surface area contributed by atoms with E-state index >= 15 is 0 Å². The smallest absolute Gasteiger partial charge is 0.191 e. The second-order valence-electron chi connectivity index (χ2n) is 5.45. The standard InChI is InChI=1S/C16H25FN4.HI/c1-3-21-9-8-13(12-21)10-19-16(18-2)20-11-14-6-4-5-7-15(14)17;/h4-7,13H,3,8-12H2,1-2H3,(H2,18,19,20);1H. The van der Waals surface area contributed by atoms with Crippen molar-refractivity contribution in [2.45, 2.75) is 19.9 Å². The maximum absolute atomic E-state index is 13.6. The lowest BCUT2D eigenvalue weighted by molar-refractivity contribution is 0.342. The molecule has 1 fully saturated rings. The van der Waals surface area contributed by atoms with Gasteiger partial charge >= 0.3 is 0 Å². The summed E-state index contributed by atoms with van der Waals surface area (Å²) in [5, 5.41) is 6.50. The van der Waals surface area contributed by atoms with Crippen molar-refractivity contribution in [2.24, 2.45) is 10.9 Å². The Morgan fingerprint density at radius 3 is 2.77 bits per heavy atom. The molecule has 0 amide bonds.